The number of aliphatic hydroxyl groups is 1. The summed E-state index contributed by atoms with van der Waals surface area (Å²) < 4.78 is 23.0. The van der Waals surface area contributed by atoms with Crippen molar-refractivity contribution in [2.75, 3.05) is 20.3 Å². The van der Waals surface area contributed by atoms with Gasteiger partial charge in [-0.1, -0.05) is 24.3 Å². The lowest BCUT2D eigenvalue weighted by Gasteiger charge is -2.28. The van der Waals surface area contributed by atoms with Crippen molar-refractivity contribution in [2.24, 2.45) is 5.10 Å². The van der Waals surface area contributed by atoms with E-state index in [9.17, 15) is 20.0 Å². The highest BCUT2D eigenvalue weighted by atomic mass is 79.9. The maximum atomic E-state index is 12.4. The van der Waals surface area contributed by atoms with Crippen molar-refractivity contribution in [3.63, 3.8) is 0 Å². The number of hydrogen-bond donors (Lipinski definition) is 4. The van der Waals surface area contributed by atoms with Crippen LogP contribution >= 0.6 is 15.9 Å². The number of nitriles is 1. The molecule has 234 valence electrons. The van der Waals surface area contributed by atoms with E-state index in [1.807, 2.05) is 25.1 Å². The first-order valence-corrected chi connectivity index (χ1v) is 14.7. The van der Waals surface area contributed by atoms with Gasteiger partial charge in [-0.2, -0.15) is 10.4 Å². The SMILES string of the molecule is CCOc1cc([C@H]2NC(=O)NC(C)=C2C(=O)OC)ccc1OC[C@H](O)N/N=C\c1ccc(OCc2ccccc2C#N)c(Br)c1. The number of esters is 1. The average Bonchev–Trinajstić information content (AvgIpc) is 3.03. The first-order chi connectivity index (χ1) is 21.7. The molecule has 4 rings (SSSR count). The Hall–Kier alpha value is -5.06. The smallest absolute Gasteiger partial charge is 0.337 e. The number of ether oxygens (including phenoxy) is 4. The largest absolute Gasteiger partial charge is 0.490 e. The third-order valence-electron chi connectivity index (χ3n) is 6.59. The van der Waals surface area contributed by atoms with Crippen LogP contribution in [-0.4, -0.2) is 49.9 Å². The summed E-state index contributed by atoms with van der Waals surface area (Å²) >= 11 is 3.50. The topological polar surface area (TPSA) is 164 Å². The molecule has 4 N–H and O–H groups in total. The van der Waals surface area contributed by atoms with Crippen LogP contribution in [0, 0.1) is 11.3 Å². The van der Waals surface area contributed by atoms with Crippen molar-refractivity contribution in [3.05, 3.63) is 98.7 Å². The van der Waals surface area contributed by atoms with Gasteiger partial charge >= 0.3 is 12.0 Å². The van der Waals surface area contributed by atoms with E-state index in [0.717, 1.165) is 11.1 Å². The molecule has 12 nitrogen and oxygen atoms in total. The van der Waals surface area contributed by atoms with Gasteiger partial charge in [-0.05, 0) is 77.3 Å². The summed E-state index contributed by atoms with van der Waals surface area (Å²) in [7, 11) is 1.27. The number of carbonyl (C=O) groups excluding carboxylic acids is 2. The zero-order valence-corrected chi connectivity index (χ0v) is 26.4. The molecule has 0 saturated heterocycles. The third kappa shape index (κ3) is 8.53. The van der Waals surface area contributed by atoms with Gasteiger partial charge < -0.3 is 34.7 Å². The summed E-state index contributed by atoms with van der Waals surface area (Å²) in [5.74, 6) is 0.743. The van der Waals surface area contributed by atoms with Crippen molar-refractivity contribution in [1.29, 1.82) is 5.26 Å². The van der Waals surface area contributed by atoms with Crippen LogP contribution in [0.4, 0.5) is 4.79 Å². The molecule has 45 heavy (non-hydrogen) atoms. The van der Waals surface area contributed by atoms with Gasteiger partial charge in [0, 0.05) is 11.3 Å². The Morgan fingerprint density at radius 3 is 2.64 bits per heavy atom. The van der Waals surface area contributed by atoms with E-state index >= 15 is 0 Å². The normalized spacial score (nSPS) is 15.0. The van der Waals surface area contributed by atoms with Gasteiger partial charge in [0.05, 0.1) is 47.7 Å². The molecule has 0 unspecified atom stereocenters. The van der Waals surface area contributed by atoms with Crippen LogP contribution in [0.2, 0.25) is 0 Å². The Bertz CT molecular complexity index is 1650. The number of amides is 2. The molecule has 13 heteroatoms. The molecule has 3 aromatic carbocycles. The second-order valence-corrected chi connectivity index (χ2v) is 10.5. The number of urea groups is 1. The Morgan fingerprint density at radius 2 is 1.91 bits per heavy atom. The summed E-state index contributed by atoms with van der Waals surface area (Å²) in [4.78, 5) is 24.6. The van der Waals surface area contributed by atoms with Crippen molar-refractivity contribution >= 4 is 34.1 Å². The van der Waals surface area contributed by atoms with Crippen LogP contribution in [0.15, 0.2) is 81.5 Å². The predicted octanol–water partition coefficient (Wildman–Crippen LogP) is 4.42. The number of hydrazone groups is 1. The highest BCUT2D eigenvalue weighted by Gasteiger charge is 2.32. The lowest BCUT2D eigenvalue weighted by molar-refractivity contribution is -0.136. The second-order valence-electron chi connectivity index (χ2n) is 9.66. The second kappa shape index (κ2) is 15.6. The van der Waals surface area contributed by atoms with Gasteiger partial charge in [0.25, 0.3) is 0 Å². The lowest BCUT2D eigenvalue weighted by atomic mass is 9.95. The van der Waals surface area contributed by atoms with Crippen LogP contribution in [0.3, 0.4) is 0 Å². The van der Waals surface area contributed by atoms with Gasteiger partial charge in [-0.15, -0.1) is 0 Å². The number of methoxy groups -OCH3 is 1. The fourth-order valence-corrected chi connectivity index (χ4v) is 4.96. The number of nitrogens with zero attached hydrogens (tertiary/aromatic N) is 2. The molecule has 2 atom stereocenters. The Labute approximate surface area is 268 Å². The van der Waals surface area contributed by atoms with Gasteiger partial charge in [0.2, 0.25) is 0 Å². The van der Waals surface area contributed by atoms with Crippen LogP contribution < -0.4 is 30.3 Å². The van der Waals surface area contributed by atoms with Gasteiger partial charge in [0.15, 0.2) is 17.7 Å². The molecule has 0 bridgehead atoms. The van der Waals surface area contributed by atoms with Crippen LogP contribution in [-0.2, 0) is 16.1 Å². The Kier molecular flexibility index (Phi) is 11.4. The fraction of sp³-hybridized carbons (Fsp3) is 0.250. The molecule has 1 aliphatic heterocycles. The molecule has 0 radical (unpaired) electrons. The maximum Gasteiger partial charge on any atom is 0.337 e. The zero-order chi connectivity index (χ0) is 32.3. The minimum absolute atomic E-state index is 0.159. The molecule has 0 saturated carbocycles. The first-order valence-electron chi connectivity index (χ1n) is 13.9. The number of halogens is 1. The monoisotopic (exact) mass is 677 g/mol. The quantitative estimate of drug-likeness (QED) is 0.0887. The molecular weight excluding hydrogens is 646 g/mol. The van der Waals surface area contributed by atoms with Crippen molar-refractivity contribution in [1.82, 2.24) is 16.1 Å². The highest BCUT2D eigenvalue weighted by Crippen LogP contribution is 2.35. The minimum atomic E-state index is -1.15. The number of benzene rings is 3. The number of hydrogen-bond acceptors (Lipinski definition) is 10. The minimum Gasteiger partial charge on any atom is -0.490 e. The standard InChI is InChI=1S/C32H32BrN5O7/c1-4-43-27-14-21(30-29(31(40)42-3)19(2)36-32(41)37-30)10-12-26(27)45-18-28(39)38-35-16-20-9-11-25(24(33)13-20)44-17-23-8-6-5-7-22(23)15-34/h5-14,16,28,30,38-39H,4,17-18H2,1-3H3,(H2,36,37,41)/b35-16-/t28-,30+/m0/s1. The van der Waals surface area contributed by atoms with Gasteiger partial charge in [-0.25, -0.2) is 9.59 Å². The van der Waals surface area contributed by atoms with Crippen molar-refractivity contribution < 1.29 is 33.6 Å². The summed E-state index contributed by atoms with van der Waals surface area (Å²) in [6.45, 7) is 3.85. The van der Waals surface area contributed by atoms with E-state index in [1.165, 1.54) is 13.3 Å². The summed E-state index contributed by atoms with van der Waals surface area (Å²) in [5, 5.41) is 29.1. The van der Waals surface area contributed by atoms with E-state index in [1.54, 1.807) is 49.4 Å². The molecule has 2 amide bonds. The summed E-state index contributed by atoms with van der Waals surface area (Å²) in [6.07, 6.45) is 0.382. The van der Waals surface area contributed by atoms with Crippen LogP contribution in [0.5, 0.6) is 17.2 Å². The summed E-state index contributed by atoms with van der Waals surface area (Å²) in [5.41, 5.74) is 5.94. The van der Waals surface area contributed by atoms with Gasteiger partial charge in [-0.3, -0.25) is 5.43 Å². The van der Waals surface area contributed by atoms with Crippen LogP contribution in [0.1, 0.15) is 42.1 Å². The van der Waals surface area contributed by atoms with E-state index in [2.05, 4.69) is 43.2 Å². The summed E-state index contributed by atoms with van der Waals surface area (Å²) in [6, 6.07) is 18.6. The number of aliphatic hydroxyl groups excluding tert-OH is 1. The van der Waals surface area contributed by atoms with E-state index in [-0.39, 0.29) is 18.8 Å². The number of allylic oxidation sites excluding steroid dienone is 1. The molecule has 0 spiro atoms. The zero-order valence-electron chi connectivity index (χ0n) is 24.8. The number of rotatable bonds is 13. The molecule has 3 aromatic rings. The molecular formula is C32H32BrN5O7. The van der Waals surface area contributed by atoms with E-state index < -0.39 is 24.3 Å². The molecule has 1 heterocycles. The molecule has 0 aliphatic carbocycles. The van der Waals surface area contributed by atoms with Crippen molar-refractivity contribution in [2.45, 2.75) is 32.7 Å². The lowest BCUT2D eigenvalue weighted by Crippen LogP contribution is -2.45. The molecule has 1 aliphatic rings. The Balaban J connectivity index is 1.35. The first kappa shape index (κ1) is 32.8. The fourth-order valence-electron chi connectivity index (χ4n) is 4.45. The average molecular weight is 679 g/mol. The predicted molar refractivity (Wildman–Crippen MR) is 169 cm³/mol. The van der Waals surface area contributed by atoms with Crippen LogP contribution in [0.25, 0.3) is 0 Å². The molecule has 0 aromatic heterocycles. The van der Waals surface area contributed by atoms with E-state index in [4.69, 9.17) is 18.9 Å². The van der Waals surface area contributed by atoms with E-state index in [0.29, 0.717) is 45.2 Å². The number of carbonyl (C=O) groups is 2. The van der Waals surface area contributed by atoms with Gasteiger partial charge in [0.1, 0.15) is 19.0 Å². The third-order valence-corrected chi connectivity index (χ3v) is 7.21. The highest BCUT2D eigenvalue weighted by molar-refractivity contribution is 9.10. The van der Waals surface area contributed by atoms with Crippen molar-refractivity contribution in [3.8, 4) is 23.3 Å². The Morgan fingerprint density at radius 1 is 1.13 bits per heavy atom. The maximum absolute atomic E-state index is 12.4. The molecule has 0 fully saturated rings. The number of nitrogens with one attached hydrogen (secondary N) is 3.